The number of urea groups is 1. The highest BCUT2D eigenvalue weighted by molar-refractivity contribution is 6.05. The number of anilines is 2. The number of amides is 3. The van der Waals surface area contributed by atoms with Crippen LogP contribution in [0.25, 0.3) is 0 Å². The van der Waals surface area contributed by atoms with E-state index in [1.165, 1.54) is 5.56 Å². The lowest BCUT2D eigenvalue weighted by molar-refractivity contribution is 0.00949. The van der Waals surface area contributed by atoms with Gasteiger partial charge < -0.3 is 15.0 Å². The number of hydrogen-bond donors (Lipinski definition) is 2. The molecule has 4 aromatic rings. The zero-order chi connectivity index (χ0) is 28.6. The lowest BCUT2D eigenvalue weighted by Crippen LogP contribution is -2.32. The van der Waals surface area contributed by atoms with Crippen molar-refractivity contribution in [1.29, 1.82) is 0 Å². The van der Waals surface area contributed by atoms with Gasteiger partial charge in [-0.15, -0.1) is 0 Å². The van der Waals surface area contributed by atoms with Crippen LogP contribution in [0.15, 0.2) is 97.2 Å². The molecule has 1 aromatic heterocycles. The second-order valence-corrected chi connectivity index (χ2v) is 11.3. The van der Waals surface area contributed by atoms with Crippen molar-refractivity contribution in [3.8, 4) is 0 Å². The standard InChI is InChI=1S/C34H33N5O3/c1-22-31(24-11-6-3-7-12-24)42-33-30-27(32(40)39(22)33)13-8-14-28(30)36-34(41)37-29-19-25(15-17-35-29)26-16-18-38(21-26)20-23-9-4-2-5-10-23/h2-15,17,19,22,26,31,33H,16,18,20-21H2,1H3,(H2,35,36,37,41)/t22-,26?,31-,33?/m0/s1. The van der Waals surface area contributed by atoms with E-state index in [-0.39, 0.29) is 18.1 Å². The van der Waals surface area contributed by atoms with Crippen LogP contribution in [0.4, 0.5) is 16.3 Å². The SMILES string of the molecule is C[C@H]1[C@@H](c2ccccc2)OC2c3c(NC(=O)Nc4cc(C5CCN(Cc6ccccc6)C5)ccn4)cccc3C(=O)N21. The number of nitrogens with zero attached hydrogens (tertiary/aromatic N) is 3. The summed E-state index contributed by atoms with van der Waals surface area (Å²) < 4.78 is 6.46. The highest BCUT2D eigenvalue weighted by Crippen LogP contribution is 2.50. The van der Waals surface area contributed by atoms with Crippen molar-refractivity contribution in [1.82, 2.24) is 14.8 Å². The average Bonchev–Trinajstić information content (AvgIpc) is 3.69. The van der Waals surface area contributed by atoms with Gasteiger partial charge in [0, 0.05) is 30.4 Å². The summed E-state index contributed by atoms with van der Waals surface area (Å²) in [4.78, 5) is 35.2. The van der Waals surface area contributed by atoms with Crippen molar-refractivity contribution in [2.45, 2.75) is 44.2 Å². The Morgan fingerprint density at radius 2 is 1.74 bits per heavy atom. The van der Waals surface area contributed by atoms with E-state index in [9.17, 15) is 9.59 Å². The number of hydrogen-bond acceptors (Lipinski definition) is 5. The highest BCUT2D eigenvalue weighted by Gasteiger charge is 2.50. The third kappa shape index (κ3) is 4.93. The molecule has 2 N–H and O–H groups in total. The summed E-state index contributed by atoms with van der Waals surface area (Å²) in [5, 5.41) is 5.86. The van der Waals surface area contributed by atoms with Gasteiger partial charge in [0.05, 0.1) is 11.7 Å². The first-order valence-electron chi connectivity index (χ1n) is 14.5. The molecular formula is C34H33N5O3. The fourth-order valence-corrected chi connectivity index (χ4v) is 6.57. The van der Waals surface area contributed by atoms with Crippen LogP contribution in [0, 0.1) is 0 Å². The van der Waals surface area contributed by atoms with E-state index in [1.807, 2.05) is 61.5 Å². The number of ether oxygens (including phenoxy) is 1. The molecule has 3 amide bonds. The first-order valence-corrected chi connectivity index (χ1v) is 14.5. The maximum absolute atomic E-state index is 13.4. The average molecular weight is 560 g/mol. The van der Waals surface area contributed by atoms with Crippen LogP contribution in [0.1, 0.15) is 64.2 Å². The van der Waals surface area contributed by atoms with E-state index in [4.69, 9.17) is 4.74 Å². The minimum Gasteiger partial charge on any atom is -0.344 e. The maximum Gasteiger partial charge on any atom is 0.324 e. The van der Waals surface area contributed by atoms with E-state index in [0.29, 0.717) is 28.6 Å². The Morgan fingerprint density at radius 3 is 2.55 bits per heavy atom. The van der Waals surface area contributed by atoms with Crippen molar-refractivity contribution >= 4 is 23.4 Å². The molecule has 2 unspecified atom stereocenters. The van der Waals surface area contributed by atoms with Crippen LogP contribution < -0.4 is 10.6 Å². The minimum atomic E-state index is -0.563. The number of benzene rings is 3. The van der Waals surface area contributed by atoms with E-state index in [1.54, 1.807) is 23.2 Å². The first kappa shape index (κ1) is 26.4. The van der Waals surface area contributed by atoms with E-state index >= 15 is 0 Å². The number of fused-ring (bicyclic) bond motifs is 3. The number of likely N-dealkylation sites (tertiary alicyclic amines) is 1. The molecular weight excluding hydrogens is 526 g/mol. The molecule has 2 fully saturated rings. The Balaban J connectivity index is 1.04. The Kier molecular flexibility index (Phi) is 6.93. The molecule has 4 heterocycles. The minimum absolute atomic E-state index is 0.0859. The van der Waals surface area contributed by atoms with Crippen LogP contribution in [-0.2, 0) is 11.3 Å². The number of rotatable bonds is 6. The van der Waals surface area contributed by atoms with Crippen molar-refractivity contribution in [3.63, 3.8) is 0 Å². The van der Waals surface area contributed by atoms with Gasteiger partial charge in [-0.2, -0.15) is 0 Å². The maximum atomic E-state index is 13.4. The Hall–Kier alpha value is -4.53. The van der Waals surface area contributed by atoms with Gasteiger partial charge in [-0.05, 0) is 66.8 Å². The molecule has 0 radical (unpaired) electrons. The molecule has 0 bridgehead atoms. The lowest BCUT2D eigenvalue weighted by Gasteiger charge is -2.20. The molecule has 3 aromatic carbocycles. The smallest absolute Gasteiger partial charge is 0.324 e. The molecule has 3 aliphatic heterocycles. The summed E-state index contributed by atoms with van der Waals surface area (Å²) in [6.07, 6.45) is 2.00. The third-order valence-corrected chi connectivity index (χ3v) is 8.62. The van der Waals surface area contributed by atoms with Gasteiger partial charge in [0.25, 0.3) is 5.91 Å². The molecule has 4 atom stereocenters. The largest absolute Gasteiger partial charge is 0.344 e. The monoisotopic (exact) mass is 559 g/mol. The van der Waals surface area contributed by atoms with Gasteiger partial charge in [-0.1, -0.05) is 66.7 Å². The van der Waals surface area contributed by atoms with Crippen molar-refractivity contribution in [2.24, 2.45) is 0 Å². The fourth-order valence-electron chi connectivity index (χ4n) is 6.57. The molecule has 8 nitrogen and oxygen atoms in total. The molecule has 2 saturated heterocycles. The van der Waals surface area contributed by atoms with E-state index in [2.05, 4.69) is 44.8 Å². The predicted octanol–water partition coefficient (Wildman–Crippen LogP) is 6.33. The van der Waals surface area contributed by atoms with Crippen LogP contribution in [0.2, 0.25) is 0 Å². The summed E-state index contributed by atoms with van der Waals surface area (Å²) >= 11 is 0. The van der Waals surface area contributed by atoms with E-state index in [0.717, 1.165) is 37.2 Å². The number of nitrogens with one attached hydrogen (secondary N) is 2. The number of pyridine rings is 1. The van der Waals surface area contributed by atoms with Crippen LogP contribution >= 0.6 is 0 Å². The zero-order valence-electron chi connectivity index (χ0n) is 23.4. The first-order chi connectivity index (χ1) is 20.5. The summed E-state index contributed by atoms with van der Waals surface area (Å²) in [5.41, 5.74) is 5.30. The molecule has 212 valence electrons. The van der Waals surface area contributed by atoms with E-state index < -0.39 is 12.3 Å². The Morgan fingerprint density at radius 1 is 0.952 bits per heavy atom. The number of carbonyl (C=O) groups is 2. The lowest BCUT2D eigenvalue weighted by atomic mass is 9.99. The van der Waals surface area contributed by atoms with Crippen molar-refractivity contribution in [2.75, 3.05) is 23.7 Å². The van der Waals surface area contributed by atoms with Gasteiger partial charge in [-0.25, -0.2) is 9.78 Å². The second-order valence-electron chi connectivity index (χ2n) is 11.3. The molecule has 0 spiro atoms. The van der Waals surface area contributed by atoms with Crippen LogP contribution in [-0.4, -0.2) is 45.9 Å². The quantitative estimate of drug-likeness (QED) is 0.288. The third-order valence-electron chi connectivity index (χ3n) is 8.62. The topological polar surface area (TPSA) is 86.8 Å². The van der Waals surface area contributed by atoms with Gasteiger partial charge in [0.2, 0.25) is 0 Å². The molecule has 0 saturated carbocycles. The highest BCUT2D eigenvalue weighted by atomic mass is 16.5. The summed E-state index contributed by atoms with van der Waals surface area (Å²) in [6.45, 7) is 4.94. The summed E-state index contributed by atoms with van der Waals surface area (Å²) in [7, 11) is 0. The summed E-state index contributed by atoms with van der Waals surface area (Å²) in [6, 6.07) is 29.3. The number of carbonyl (C=O) groups excluding carboxylic acids is 2. The molecule has 0 aliphatic carbocycles. The molecule has 8 heteroatoms. The van der Waals surface area contributed by atoms with Gasteiger partial charge in [0.15, 0.2) is 6.23 Å². The van der Waals surface area contributed by atoms with Gasteiger partial charge in [0.1, 0.15) is 11.9 Å². The number of aromatic nitrogens is 1. The van der Waals surface area contributed by atoms with Crippen LogP contribution in [0.3, 0.4) is 0 Å². The normalized spacial score (nSPS) is 23.1. The predicted molar refractivity (Wildman–Crippen MR) is 161 cm³/mol. The van der Waals surface area contributed by atoms with Crippen LogP contribution in [0.5, 0.6) is 0 Å². The van der Waals surface area contributed by atoms with Gasteiger partial charge in [-0.3, -0.25) is 15.0 Å². The zero-order valence-corrected chi connectivity index (χ0v) is 23.4. The molecule has 7 rings (SSSR count). The fraction of sp³-hybridized carbons (Fsp3) is 0.265. The van der Waals surface area contributed by atoms with Gasteiger partial charge >= 0.3 is 6.03 Å². The second kappa shape index (κ2) is 11.0. The van der Waals surface area contributed by atoms with Crippen molar-refractivity contribution < 1.29 is 14.3 Å². The van der Waals surface area contributed by atoms with Crippen molar-refractivity contribution in [3.05, 3.63) is 125 Å². The Labute approximate surface area is 245 Å². The Bertz CT molecular complexity index is 1610. The summed E-state index contributed by atoms with van der Waals surface area (Å²) in [5.74, 6) is 0.790. The molecule has 42 heavy (non-hydrogen) atoms. The molecule has 3 aliphatic rings.